The maximum Gasteiger partial charge on any atom is 0.110 e. The Morgan fingerprint density at radius 1 is 1.80 bits per heavy atom. The van der Waals surface area contributed by atoms with Crippen molar-refractivity contribution in [1.82, 2.24) is 0 Å². The summed E-state index contributed by atoms with van der Waals surface area (Å²) in [7, 11) is 0. The first-order valence-electron chi connectivity index (χ1n) is 2.98. The maximum atomic E-state index is 12.6. The zero-order chi connectivity index (χ0) is 7.98. The van der Waals surface area contributed by atoms with Crippen LogP contribution in [0.1, 0.15) is 6.92 Å². The fourth-order valence-electron chi connectivity index (χ4n) is 0.409. The van der Waals surface area contributed by atoms with Gasteiger partial charge < -0.3 is 5.11 Å². The molecule has 10 heavy (non-hydrogen) atoms. The van der Waals surface area contributed by atoms with Gasteiger partial charge >= 0.3 is 0 Å². The van der Waals surface area contributed by atoms with Crippen molar-refractivity contribution >= 4 is 0 Å². The van der Waals surface area contributed by atoms with Gasteiger partial charge in [0.25, 0.3) is 0 Å². The summed E-state index contributed by atoms with van der Waals surface area (Å²) in [5.74, 6) is -0.453. The summed E-state index contributed by atoms with van der Waals surface area (Å²) in [6.45, 7) is 1.14. The lowest BCUT2D eigenvalue weighted by atomic mass is 10.1. The van der Waals surface area contributed by atoms with Crippen LogP contribution in [0, 0.1) is 5.92 Å². The molecule has 4 nitrogen and oxygen atoms in total. The second-order valence-electron chi connectivity index (χ2n) is 2.09. The van der Waals surface area contributed by atoms with Gasteiger partial charge in [-0.05, 0) is 5.53 Å². The molecule has 0 bridgehead atoms. The first-order valence-corrected chi connectivity index (χ1v) is 2.98. The van der Waals surface area contributed by atoms with E-state index in [2.05, 4.69) is 10.0 Å². The fraction of sp³-hybridized carbons (Fsp3) is 1.00. The highest BCUT2D eigenvalue weighted by molar-refractivity contribution is 4.66. The third kappa shape index (κ3) is 3.27. The van der Waals surface area contributed by atoms with Gasteiger partial charge in [-0.3, -0.25) is 0 Å². The minimum absolute atomic E-state index is 0.196. The quantitative estimate of drug-likeness (QED) is 0.363. The zero-order valence-corrected chi connectivity index (χ0v) is 5.74. The third-order valence-electron chi connectivity index (χ3n) is 1.22. The van der Waals surface area contributed by atoms with Crippen LogP contribution >= 0.6 is 0 Å². The number of rotatable bonds is 4. The van der Waals surface area contributed by atoms with Crippen molar-refractivity contribution in [2.45, 2.75) is 13.1 Å². The highest BCUT2D eigenvalue weighted by Gasteiger charge is 2.13. The molecule has 0 amide bonds. The average molecular weight is 147 g/mol. The van der Waals surface area contributed by atoms with Gasteiger partial charge in [0.15, 0.2) is 0 Å². The predicted molar refractivity (Wildman–Crippen MR) is 35.2 cm³/mol. The number of aliphatic hydroxyl groups is 1. The number of alkyl halides is 1. The van der Waals surface area contributed by atoms with Gasteiger partial charge in [-0.25, -0.2) is 4.39 Å². The molecule has 2 atom stereocenters. The third-order valence-corrected chi connectivity index (χ3v) is 1.22. The van der Waals surface area contributed by atoms with E-state index in [1.54, 1.807) is 6.92 Å². The van der Waals surface area contributed by atoms with Crippen LogP contribution in [0.15, 0.2) is 5.11 Å². The molecule has 0 aliphatic carbocycles. The highest BCUT2D eigenvalue weighted by atomic mass is 19.1. The minimum Gasteiger partial charge on any atom is -0.396 e. The van der Waals surface area contributed by atoms with Crippen molar-refractivity contribution in [2.75, 3.05) is 13.2 Å². The van der Waals surface area contributed by atoms with Gasteiger partial charge in [0.1, 0.15) is 6.17 Å². The maximum absolute atomic E-state index is 12.6. The number of nitrogens with zero attached hydrogens (tertiary/aromatic N) is 3. The molecule has 0 spiro atoms. The van der Waals surface area contributed by atoms with E-state index in [4.69, 9.17) is 10.6 Å². The molecule has 0 fully saturated rings. The van der Waals surface area contributed by atoms with Crippen molar-refractivity contribution in [1.29, 1.82) is 0 Å². The molecule has 0 saturated heterocycles. The topological polar surface area (TPSA) is 69.0 Å². The van der Waals surface area contributed by atoms with Crippen molar-refractivity contribution < 1.29 is 9.50 Å². The predicted octanol–water partition coefficient (Wildman–Crippen LogP) is 1.26. The van der Waals surface area contributed by atoms with Crippen LogP contribution < -0.4 is 0 Å². The summed E-state index contributed by atoms with van der Waals surface area (Å²) >= 11 is 0. The summed E-state index contributed by atoms with van der Waals surface area (Å²) < 4.78 is 12.6. The normalized spacial score (nSPS) is 15.5. The van der Waals surface area contributed by atoms with Gasteiger partial charge in [-0.2, -0.15) is 0 Å². The Bertz CT molecular complexity index is 135. The number of azide groups is 1. The van der Waals surface area contributed by atoms with Crippen LogP contribution in [0.3, 0.4) is 0 Å². The van der Waals surface area contributed by atoms with Crippen molar-refractivity contribution in [2.24, 2.45) is 11.0 Å². The minimum atomic E-state index is -1.24. The van der Waals surface area contributed by atoms with E-state index < -0.39 is 12.1 Å². The molecule has 0 aliphatic rings. The lowest BCUT2D eigenvalue weighted by molar-refractivity contribution is 0.156. The first-order chi connectivity index (χ1) is 4.72. The van der Waals surface area contributed by atoms with E-state index in [9.17, 15) is 4.39 Å². The molecule has 0 heterocycles. The Morgan fingerprint density at radius 3 is 2.80 bits per heavy atom. The smallest absolute Gasteiger partial charge is 0.110 e. The fourth-order valence-corrected chi connectivity index (χ4v) is 0.409. The molecule has 0 saturated carbocycles. The van der Waals surface area contributed by atoms with Gasteiger partial charge in [-0.1, -0.05) is 12.0 Å². The highest BCUT2D eigenvalue weighted by Crippen LogP contribution is 2.06. The second kappa shape index (κ2) is 5.02. The lowest BCUT2D eigenvalue weighted by Crippen LogP contribution is -2.18. The largest absolute Gasteiger partial charge is 0.396 e. The van der Waals surface area contributed by atoms with E-state index in [1.807, 2.05) is 0 Å². The number of aliphatic hydroxyl groups excluding tert-OH is 1. The number of halogens is 1. The SMILES string of the molecule is C[C@H](CO)C(F)CN=[N+]=[N-]. The lowest BCUT2D eigenvalue weighted by Gasteiger charge is -2.09. The molecule has 58 valence electrons. The number of hydrogen-bond donors (Lipinski definition) is 1. The van der Waals surface area contributed by atoms with E-state index >= 15 is 0 Å². The van der Waals surface area contributed by atoms with Gasteiger partial charge in [-0.15, -0.1) is 0 Å². The Balaban J connectivity index is 3.60. The van der Waals surface area contributed by atoms with Crippen molar-refractivity contribution in [3.63, 3.8) is 0 Å². The molecule has 1 unspecified atom stereocenters. The van der Waals surface area contributed by atoms with Crippen molar-refractivity contribution in [3.05, 3.63) is 10.4 Å². The molecule has 0 aromatic rings. The molecular weight excluding hydrogens is 137 g/mol. The molecule has 0 aromatic carbocycles. The molecule has 0 aromatic heterocycles. The van der Waals surface area contributed by atoms with Gasteiger partial charge in [0.2, 0.25) is 0 Å². The van der Waals surface area contributed by atoms with Crippen molar-refractivity contribution in [3.8, 4) is 0 Å². The van der Waals surface area contributed by atoms with E-state index in [0.717, 1.165) is 0 Å². The molecule has 0 radical (unpaired) electrons. The molecule has 1 N–H and O–H groups in total. The Kier molecular flexibility index (Phi) is 4.62. The molecule has 0 rings (SSSR count). The first kappa shape index (κ1) is 9.20. The van der Waals surface area contributed by atoms with E-state index in [1.165, 1.54) is 0 Å². The molecule has 5 heteroatoms. The summed E-state index contributed by atoms with van der Waals surface area (Å²) in [5, 5.41) is 11.5. The Labute approximate surface area is 58.3 Å². The van der Waals surface area contributed by atoms with Crippen LogP contribution in [0.2, 0.25) is 0 Å². The monoisotopic (exact) mass is 147 g/mol. The standard InChI is InChI=1S/C5H10FN3O/c1-4(3-10)5(6)2-8-9-7/h4-5,10H,2-3H2,1H3/t4-,5?/m1/s1. The van der Waals surface area contributed by atoms with E-state index in [0.29, 0.717) is 0 Å². The summed E-state index contributed by atoms with van der Waals surface area (Å²) in [6, 6.07) is 0. The molecular formula is C5H10FN3O. The van der Waals surface area contributed by atoms with Crippen LogP contribution in [-0.2, 0) is 0 Å². The Hall–Kier alpha value is -0.800. The zero-order valence-electron chi connectivity index (χ0n) is 5.74. The number of hydrogen-bond acceptors (Lipinski definition) is 2. The molecule has 0 aliphatic heterocycles. The van der Waals surface area contributed by atoms with Gasteiger partial charge in [0.05, 0.1) is 6.54 Å². The van der Waals surface area contributed by atoms with Gasteiger partial charge in [0, 0.05) is 17.4 Å². The average Bonchev–Trinajstić information content (AvgIpc) is 1.98. The van der Waals surface area contributed by atoms with Crippen LogP contribution in [0.5, 0.6) is 0 Å². The summed E-state index contributed by atoms with van der Waals surface area (Å²) in [6.07, 6.45) is -1.24. The summed E-state index contributed by atoms with van der Waals surface area (Å²) in [5.41, 5.74) is 7.80. The second-order valence-corrected chi connectivity index (χ2v) is 2.09. The Morgan fingerprint density at radius 2 is 2.40 bits per heavy atom. The summed E-state index contributed by atoms with van der Waals surface area (Å²) in [4.78, 5) is 2.40. The van der Waals surface area contributed by atoms with Crippen LogP contribution in [0.4, 0.5) is 4.39 Å². The van der Waals surface area contributed by atoms with E-state index in [-0.39, 0.29) is 13.2 Å². The van der Waals surface area contributed by atoms with Crippen LogP contribution in [0.25, 0.3) is 10.4 Å². The van der Waals surface area contributed by atoms with Crippen LogP contribution in [-0.4, -0.2) is 24.4 Å².